The van der Waals surface area contributed by atoms with Gasteiger partial charge in [-0.3, -0.25) is 9.59 Å². The summed E-state index contributed by atoms with van der Waals surface area (Å²) in [5.41, 5.74) is 1.17. The first kappa shape index (κ1) is 15.1. The molecule has 6 nitrogen and oxygen atoms in total. The first-order chi connectivity index (χ1) is 10.5. The molecule has 22 heavy (non-hydrogen) atoms. The predicted molar refractivity (Wildman–Crippen MR) is 80.3 cm³/mol. The van der Waals surface area contributed by atoms with Gasteiger partial charge in [0.05, 0.1) is 5.69 Å². The molecule has 0 aromatic carbocycles. The summed E-state index contributed by atoms with van der Waals surface area (Å²) >= 11 is 0. The quantitative estimate of drug-likeness (QED) is 0.902. The molecular formula is C16H23N3O3. The number of aryl methyl sites for hydroxylation is 2. The van der Waals surface area contributed by atoms with E-state index in [1.807, 2.05) is 4.90 Å². The van der Waals surface area contributed by atoms with Gasteiger partial charge in [-0.05, 0) is 33.1 Å². The lowest BCUT2D eigenvalue weighted by Crippen LogP contribution is -2.40. The van der Waals surface area contributed by atoms with Crippen molar-refractivity contribution in [3.05, 3.63) is 17.0 Å². The largest absolute Gasteiger partial charge is 0.361 e. The first-order valence-electron chi connectivity index (χ1n) is 7.92. The first-order valence-corrected chi connectivity index (χ1v) is 7.92. The van der Waals surface area contributed by atoms with E-state index in [1.54, 1.807) is 20.9 Å². The Labute approximate surface area is 130 Å². The molecule has 2 fully saturated rings. The molecule has 6 heteroatoms. The Bertz CT molecular complexity index is 590. The molecule has 2 atom stereocenters. The fourth-order valence-electron chi connectivity index (χ4n) is 4.23. The minimum Gasteiger partial charge on any atom is -0.361 e. The smallest absolute Gasteiger partial charge is 0.259 e. The Morgan fingerprint density at radius 2 is 2.14 bits per heavy atom. The highest BCUT2D eigenvalue weighted by molar-refractivity contribution is 5.96. The van der Waals surface area contributed by atoms with Crippen LogP contribution in [0, 0.1) is 25.2 Å². The van der Waals surface area contributed by atoms with Gasteiger partial charge in [0, 0.05) is 31.5 Å². The molecule has 0 unspecified atom stereocenters. The van der Waals surface area contributed by atoms with Crippen molar-refractivity contribution in [1.29, 1.82) is 0 Å². The van der Waals surface area contributed by atoms with Crippen molar-refractivity contribution in [2.24, 2.45) is 11.3 Å². The third kappa shape index (κ3) is 2.21. The summed E-state index contributed by atoms with van der Waals surface area (Å²) in [4.78, 5) is 26.8. The Morgan fingerprint density at radius 3 is 2.77 bits per heavy atom. The Hall–Kier alpha value is -1.85. The van der Waals surface area contributed by atoms with Crippen LogP contribution >= 0.6 is 0 Å². The van der Waals surface area contributed by atoms with Crippen molar-refractivity contribution >= 4 is 11.8 Å². The summed E-state index contributed by atoms with van der Waals surface area (Å²) in [6, 6.07) is 0. The summed E-state index contributed by atoms with van der Waals surface area (Å²) in [6.45, 7) is 4.92. The molecule has 2 aliphatic rings. The van der Waals surface area contributed by atoms with Gasteiger partial charge in [0.15, 0.2) is 0 Å². The highest BCUT2D eigenvalue weighted by Crippen LogP contribution is 2.50. The lowest BCUT2D eigenvalue weighted by molar-refractivity contribution is -0.127. The van der Waals surface area contributed by atoms with E-state index >= 15 is 0 Å². The highest BCUT2D eigenvalue weighted by Gasteiger charge is 2.51. The second-order valence-corrected chi connectivity index (χ2v) is 6.60. The van der Waals surface area contributed by atoms with E-state index in [9.17, 15) is 9.59 Å². The van der Waals surface area contributed by atoms with Gasteiger partial charge in [-0.15, -0.1) is 0 Å². The number of nitrogens with one attached hydrogen (secondary N) is 1. The molecule has 1 aromatic rings. The summed E-state index contributed by atoms with van der Waals surface area (Å²) in [5.74, 6) is 0.692. The molecule has 1 aliphatic heterocycles. The molecule has 1 saturated heterocycles. The molecule has 2 heterocycles. The maximum Gasteiger partial charge on any atom is 0.259 e. The van der Waals surface area contributed by atoms with Crippen molar-refractivity contribution < 1.29 is 14.1 Å². The van der Waals surface area contributed by atoms with Crippen molar-refractivity contribution in [3.63, 3.8) is 0 Å². The third-order valence-electron chi connectivity index (χ3n) is 5.39. The molecule has 1 aliphatic carbocycles. The monoisotopic (exact) mass is 305 g/mol. The summed E-state index contributed by atoms with van der Waals surface area (Å²) in [5, 5.41) is 6.65. The van der Waals surface area contributed by atoms with E-state index in [-0.39, 0.29) is 23.1 Å². The van der Waals surface area contributed by atoms with Gasteiger partial charge in [0.25, 0.3) is 5.91 Å². The zero-order valence-corrected chi connectivity index (χ0v) is 13.4. The number of amides is 2. The van der Waals surface area contributed by atoms with Gasteiger partial charge in [-0.2, -0.15) is 0 Å². The van der Waals surface area contributed by atoms with Gasteiger partial charge in [0.2, 0.25) is 5.91 Å². The van der Waals surface area contributed by atoms with Gasteiger partial charge in [0.1, 0.15) is 11.3 Å². The standard InChI is InChI=1S/C16H23N3O3/c1-10-13(11(2)22-18-10)15(21)19-8-7-16(9-19)6-4-5-12(16)14(20)17-3/h12H,4-9H2,1-3H3,(H,17,20)/t12-,16-/m0/s1. The molecule has 1 aromatic heterocycles. The Morgan fingerprint density at radius 1 is 1.36 bits per heavy atom. The van der Waals surface area contributed by atoms with Gasteiger partial charge >= 0.3 is 0 Å². The van der Waals surface area contributed by atoms with Crippen LogP contribution in [0.4, 0.5) is 0 Å². The van der Waals surface area contributed by atoms with E-state index in [1.165, 1.54) is 0 Å². The molecule has 0 bridgehead atoms. The zero-order chi connectivity index (χ0) is 15.9. The van der Waals surface area contributed by atoms with Crippen molar-refractivity contribution in [1.82, 2.24) is 15.4 Å². The van der Waals surface area contributed by atoms with E-state index in [0.29, 0.717) is 30.1 Å². The van der Waals surface area contributed by atoms with Crippen molar-refractivity contribution in [2.45, 2.75) is 39.5 Å². The Balaban J connectivity index is 1.80. The second-order valence-electron chi connectivity index (χ2n) is 6.60. The van der Waals surface area contributed by atoms with Crippen molar-refractivity contribution in [2.75, 3.05) is 20.1 Å². The molecule has 120 valence electrons. The third-order valence-corrected chi connectivity index (χ3v) is 5.39. The van der Waals surface area contributed by atoms with Crippen LogP contribution in [-0.2, 0) is 4.79 Å². The molecule has 2 amide bonds. The topological polar surface area (TPSA) is 75.4 Å². The van der Waals surface area contributed by atoms with Gasteiger partial charge < -0.3 is 14.7 Å². The van der Waals surface area contributed by atoms with Crippen LogP contribution in [0.1, 0.15) is 47.5 Å². The molecular weight excluding hydrogens is 282 g/mol. The number of likely N-dealkylation sites (tertiary alicyclic amines) is 1. The average Bonchev–Trinajstić information content (AvgIpc) is 3.19. The zero-order valence-electron chi connectivity index (χ0n) is 13.4. The number of carbonyl (C=O) groups is 2. The summed E-state index contributed by atoms with van der Waals surface area (Å²) < 4.78 is 5.11. The number of carbonyl (C=O) groups excluding carboxylic acids is 2. The normalized spacial score (nSPS) is 27.6. The second kappa shape index (κ2) is 5.41. The lowest BCUT2D eigenvalue weighted by atomic mass is 9.76. The van der Waals surface area contributed by atoms with Crippen molar-refractivity contribution in [3.8, 4) is 0 Å². The minimum atomic E-state index is -0.0469. The summed E-state index contributed by atoms with van der Waals surface area (Å²) in [6.07, 6.45) is 3.91. The number of aromatic nitrogens is 1. The van der Waals surface area contributed by atoms with Crippen LogP contribution < -0.4 is 5.32 Å². The molecule has 0 radical (unpaired) electrons. The van der Waals surface area contributed by atoms with Gasteiger partial charge in [-0.1, -0.05) is 11.6 Å². The number of rotatable bonds is 2. The van der Waals surface area contributed by atoms with E-state index < -0.39 is 0 Å². The van der Waals surface area contributed by atoms with Crippen LogP contribution in [-0.4, -0.2) is 42.0 Å². The highest BCUT2D eigenvalue weighted by atomic mass is 16.5. The average molecular weight is 305 g/mol. The maximum atomic E-state index is 12.8. The number of nitrogens with zero attached hydrogens (tertiary/aromatic N) is 2. The van der Waals surface area contributed by atoms with E-state index in [4.69, 9.17) is 4.52 Å². The van der Waals surface area contributed by atoms with Crippen LogP contribution in [0.2, 0.25) is 0 Å². The molecule has 1 spiro atoms. The van der Waals surface area contributed by atoms with Crippen LogP contribution in [0.3, 0.4) is 0 Å². The molecule has 1 N–H and O–H groups in total. The van der Waals surface area contributed by atoms with Gasteiger partial charge in [-0.25, -0.2) is 0 Å². The molecule has 1 saturated carbocycles. The fourth-order valence-corrected chi connectivity index (χ4v) is 4.23. The molecule has 3 rings (SSSR count). The van der Waals surface area contributed by atoms with E-state index in [0.717, 1.165) is 25.7 Å². The minimum absolute atomic E-state index is 0.0179. The summed E-state index contributed by atoms with van der Waals surface area (Å²) in [7, 11) is 1.69. The Kier molecular flexibility index (Phi) is 3.70. The fraction of sp³-hybridized carbons (Fsp3) is 0.688. The van der Waals surface area contributed by atoms with E-state index in [2.05, 4.69) is 10.5 Å². The lowest BCUT2D eigenvalue weighted by Gasteiger charge is -2.30. The van der Waals surface area contributed by atoms with Crippen LogP contribution in [0.5, 0.6) is 0 Å². The van der Waals surface area contributed by atoms with Crippen LogP contribution in [0.25, 0.3) is 0 Å². The van der Waals surface area contributed by atoms with Crippen LogP contribution in [0.15, 0.2) is 4.52 Å². The predicted octanol–water partition coefficient (Wildman–Crippen LogP) is 1.67. The number of hydrogen-bond donors (Lipinski definition) is 1. The maximum absolute atomic E-state index is 12.8. The number of hydrogen-bond acceptors (Lipinski definition) is 4. The SMILES string of the molecule is CNC(=O)[C@@H]1CCC[C@@]12CCN(C(=O)c1c(C)noc1C)C2.